The molecule has 1 aromatic carbocycles. The van der Waals surface area contributed by atoms with E-state index in [-0.39, 0.29) is 0 Å². The highest BCUT2D eigenvalue weighted by Crippen LogP contribution is 2.27. The van der Waals surface area contributed by atoms with Crippen molar-refractivity contribution < 1.29 is 0 Å². The van der Waals surface area contributed by atoms with Crippen molar-refractivity contribution in [2.45, 2.75) is 57.9 Å². The Kier molecular flexibility index (Phi) is 6.32. The molecule has 1 aliphatic carbocycles. The van der Waals surface area contributed by atoms with E-state index in [4.69, 9.17) is 0 Å². The Morgan fingerprint density at radius 1 is 1.00 bits per heavy atom. The summed E-state index contributed by atoms with van der Waals surface area (Å²) < 4.78 is 0. The molecule has 2 heteroatoms. The van der Waals surface area contributed by atoms with Gasteiger partial charge in [0.15, 0.2) is 0 Å². The lowest BCUT2D eigenvalue weighted by molar-refractivity contribution is 0.233. The molecule has 2 aliphatic rings. The zero-order chi connectivity index (χ0) is 15.0. The fraction of sp³-hybridized carbons (Fsp3) is 0.700. The van der Waals surface area contributed by atoms with Gasteiger partial charge in [0.2, 0.25) is 0 Å². The lowest BCUT2D eigenvalue weighted by Gasteiger charge is -2.27. The van der Waals surface area contributed by atoms with Crippen molar-refractivity contribution in [2.24, 2.45) is 5.92 Å². The molecule has 1 heterocycles. The zero-order valence-corrected chi connectivity index (χ0v) is 14.0. The van der Waals surface area contributed by atoms with Gasteiger partial charge >= 0.3 is 0 Å². The van der Waals surface area contributed by atoms with Crippen molar-refractivity contribution in [3.8, 4) is 0 Å². The summed E-state index contributed by atoms with van der Waals surface area (Å²) in [6, 6.07) is 9.32. The predicted octanol–water partition coefficient (Wildman–Crippen LogP) is 3.99. The summed E-state index contributed by atoms with van der Waals surface area (Å²) in [7, 11) is 0. The largest absolute Gasteiger partial charge is 0.314 e. The smallest absolute Gasteiger partial charge is 0.0234 e. The second kappa shape index (κ2) is 8.69. The molecule has 122 valence electrons. The minimum absolute atomic E-state index is 1.03. The van der Waals surface area contributed by atoms with E-state index < -0.39 is 0 Å². The molecule has 2 nitrogen and oxygen atoms in total. The standard InChI is InChI=1S/C20H32N2/c1-2-6-18(7-3-1)8-4-9-19-10-5-11-20(16-19)17-22-14-12-21-13-15-22/h5,10-11,16,18,21H,1-4,6-9,12-15,17H2. The highest BCUT2D eigenvalue weighted by atomic mass is 15.2. The van der Waals surface area contributed by atoms with Gasteiger partial charge in [-0.2, -0.15) is 0 Å². The number of nitrogens with zero attached hydrogens (tertiary/aromatic N) is 1. The van der Waals surface area contributed by atoms with Crippen LogP contribution in [0.2, 0.25) is 0 Å². The van der Waals surface area contributed by atoms with Gasteiger partial charge in [-0.3, -0.25) is 4.90 Å². The Morgan fingerprint density at radius 2 is 1.77 bits per heavy atom. The summed E-state index contributed by atoms with van der Waals surface area (Å²) >= 11 is 0. The Balaban J connectivity index is 1.43. The van der Waals surface area contributed by atoms with E-state index >= 15 is 0 Å². The second-order valence-electron chi connectivity index (χ2n) is 7.24. The van der Waals surface area contributed by atoms with E-state index in [0.29, 0.717) is 0 Å². The molecule has 1 aromatic rings. The highest BCUT2D eigenvalue weighted by molar-refractivity contribution is 5.23. The molecular formula is C20H32N2. The first-order chi connectivity index (χ1) is 10.9. The molecular weight excluding hydrogens is 268 g/mol. The first-order valence-electron chi connectivity index (χ1n) is 9.41. The van der Waals surface area contributed by atoms with E-state index in [1.54, 1.807) is 5.56 Å². The molecule has 1 N–H and O–H groups in total. The van der Waals surface area contributed by atoms with Gasteiger partial charge < -0.3 is 5.32 Å². The maximum absolute atomic E-state index is 3.43. The van der Waals surface area contributed by atoms with Gasteiger partial charge in [-0.1, -0.05) is 62.8 Å². The molecule has 1 aliphatic heterocycles. The second-order valence-corrected chi connectivity index (χ2v) is 7.24. The normalized spacial score (nSPS) is 21.1. The van der Waals surface area contributed by atoms with E-state index in [0.717, 1.165) is 25.6 Å². The molecule has 0 atom stereocenters. The molecule has 0 radical (unpaired) electrons. The number of aryl methyl sites for hydroxylation is 1. The third-order valence-electron chi connectivity index (χ3n) is 5.41. The van der Waals surface area contributed by atoms with Crippen LogP contribution in [0, 0.1) is 5.92 Å². The molecule has 0 amide bonds. The summed E-state index contributed by atoms with van der Waals surface area (Å²) in [5.41, 5.74) is 3.04. The van der Waals surface area contributed by atoms with Crippen LogP contribution in [0.4, 0.5) is 0 Å². The lowest BCUT2D eigenvalue weighted by atomic mass is 9.85. The third kappa shape index (κ3) is 5.10. The molecule has 1 saturated carbocycles. The summed E-state index contributed by atoms with van der Waals surface area (Å²) in [6.45, 7) is 5.78. The van der Waals surface area contributed by atoms with Gasteiger partial charge in [0, 0.05) is 32.7 Å². The lowest BCUT2D eigenvalue weighted by Crippen LogP contribution is -2.42. The molecule has 2 fully saturated rings. The van der Waals surface area contributed by atoms with Crippen LogP contribution in [0.25, 0.3) is 0 Å². The summed E-state index contributed by atoms with van der Waals surface area (Å²) in [5, 5.41) is 3.43. The maximum atomic E-state index is 3.43. The number of hydrogen-bond acceptors (Lipinski definition) is 2. The van der Waals surface area contributed by atoms with Crippen LogP contribution in [-0.4, -0.2) is 31.1 Å². The van der Waals surface area contributed by atoms with Crippen molar-refractivity contribution in [3.63, 3.8) is 0 Å². The van der Waals surface area contributed by atoms with Crippen LogP contribution in [0.5, 0.6) is 0 Å². The number of hydrogen-bond donors (Lipinski definition) is 1. The quantitative estimate of drug-likeness (QED) is 0.854. The van der Waals surface area contributed by atoms with E-state index in [1.165, 1.54) is 70.0 Å². The van der Waals surface area contributed by atoms with Crippen LogP contribution in [0.1, 0.15) is 56.1 Å². The Bertz CT molecular complexity index is 431. The predicted molar refractivity (Wildman–Crippen MR) is 94.1 cm³/mol. The fourth-order valence-electron chi connectivity index (χ4n) is 4.08. The Morgan fingerprint density at radius 3 is 2.59 bits per heavy atom. The zero-order valence-electron chi connectivity index (χ0n) is 14.0. The van der Waals surface area contributed by atoms with Crippen LogP contribution in [-0.2, 0) is 13.0 Å². The highest BCUT2D eigenvalue weighted by Gasteiger charge is 2.13. The summed E-state index contributed by atoms with van der Waals surface area (Å²) in [4.78, 5) is 2.57. The Hall–Kier alpha value is -0.860. The fourth-order valence-corrected chi connectivity index (χ4v) is 4.08. The Labute approximate surface area is 136 Å². The molecule has 0 unspecified atom stereocenters. The topological polar surface area (TPSA) is 15.3 Å². The number of rotatable bonds is 6. The van der Waals surface area contributed by atoms with E-state index in [9.17, 15) is 0 Å². The van der Waals surface area contributed by atoms with Crippen molar-refractivity contribution in [3.05, 3.63) is 35.4 Å². The van der Waals surface area contributed by atoms with E-state index in [2.05, 4.69) is 34.5 Å². The van der Waals surface area contributed by atoms with Gasteiger partial charge in [0.25, 0.3) is 0 Å². The number of benzene rings is 1. The van der Waals surface area contributed by atoms with Gasteiger partial charge in [-0.15, -0.1) is 0 Å². The van der Waals surface area contributed by atoms with E-state index in [1.807, 2.05) is 0 Å². The van der Waals surface area contributed by atoms with Crippen molar-refractivity contribution in [1.29, 1.82) is 0 Å². The first-order valence-corrected chi connectivity index (χ1v) is 9.41. The minimum atomic E-state index is 1.03. The van der Waals surface area contributed by atoms with Crippen molar-refractivity contribution in [1.82, 2.24) is 10.2 Å². The van der Waals surface area contributed by atoms with Crippen LogP contribution < -0.4 is 5.32 Å². The van der Waals surface area contributed by atoms with Gasteiger partial charge in [0.1, 0.15) is 0 Å². The average molecular weight is 300 g/mol. The average Bonchev–Trinajstić information content (AvgIpc) is 2.57. The molecule has 1 saturated heterocycles. The van der Waals surface area contributed by atoms with Crippen molar-refractivity contribution >= 4 is 0 Å². The number of nitrogens with one attached hydrogen (secondary N) is 1. The number of piperazine rings is 1. The van der Waals surface area contributed by atoms with Gasteiger partial charge in [-0.05, 0) is 29.9 Å². The maximum Gasteiger partial charge on any atom is 0.0234 e. The van der Waals surface area contributed by atoms with Crippen molar-refractivity contribution in [2.75, 3.05) is 26.2 Å². The minimum Gasteiger partial charge on any atom is -0.314 e. The SMILES string of the molecule is c1cc(CCCC2CCCCC2)cc(CN2CCNCC2)c1. The van der Waals surface area contributed by atoms with Gasteiger partial charge in [0.05, 0.1) is 0 Å². The van der Waals surface area contributed by atoms with Crippen LogP contribution in [0.3, 0.4) is 0 Å². The molecule has 22 heavy (non-hydrogen) atoms. The first kappa shape index (κ1) is 16.0. The molecule has 0 spiro atoms. The summed E-state index contributed by atoms with van der Waals surface area (Å²) in [5.74, 6) is 1.03. The third-order valence-corrected chi connectivity index (χ3v) is 5.41. The molecule has 0 bridgehead atoms. The monoisotopic (exact) mass is 300 g/mol. The summed E-state index contributed by atoms with van der Waals surface area (Å²) in [6.07, 6.45) is 11.5. The molecule has 3 rings (SSSR count). The van der Waals surface area contributed by atoms with Crippen LogP contribution >= 0.6 is 0 Å². The van der Waals surface area contributed by atoms with Gasteiger partial charge in [-0.25, -0.2) is 0 Å². The van der Waals surface area contributed by atoms with Crippen LogP contribution in [0.15, 0.2) is 24.3 Å². The molecule has 0 aromatic heterocycles.